The molecule has 0 amide bonds. The van der Waals surface area contributed by atoms with E-state index in [1.807, 2.05) is 11.8 Å². The maximum absolute atomic E-state index is 11.3. The monoisotopic (exact) mass is 211 g/mol. The van der Waals surface area contributed by atoms with Gasteiger partial charge >= 0.3 is 0 Å². The van der Waals surface area contributed by atoms with Crippen LogP contribution in [0.2, 0.25) is 0 Å². The maximum atomic E-state index is 11.3. The zero-order chi connectivity index (χ0) is 11.8. The molecule has 0 unspecified atom stereocenters. The van der Waals surface area contributed by atoms with Crippen LogP contribution >= 0.6 is 0 Å². The van der Waals surface area contributed by atoms with Gasteiger partial charge in [-0.2, -0.15) is 0 Å². The summed E-state index contributed by atoms with van der Waals surface area (Å²) in [7, 11) is 0. The Kier molecular flexibility index (Phi) is 6.92. The van der Waals surface area contributed by atoms with E-state index in [0.717, 1.165) is 0 Å². The molecule has 0 aromatic carbocycles. The zero-order valence-corrected chi connectivity index (χ0v) is 9.70. The summed E-state index contributed by atoms with van der Waals surface area (Å²) in [5.41, 5.74) is 0.597. The van der Waals surface area contributed by atoms with Crippen LogP contribution in [0.5, 0.6) is 0 Å². The van der Waals surface area contributed by atoms with E-state index in [2.05, 4.69) is 13.2 Å². The van der Waals surface area contributed by atoms with Crippen LogP contribution in [-0.2, 0) is 4.79 Å². The normalized spacial score (nSPS) is 12.5. The second-order valence-electron chi connectivity index (χ2n) is 3.71. The van der Waals surface area contributed by atoms with E-state index in [1.165, 1.54) is 0 Å². The minimum atomic E-state index is -0.408. The van der Waals surface area contributed by atoms with Crippen LogP contribution in [0.15, 0.2) is 24.8 Å². The standard InChI is InChI=1S/C12H21NO2/c1-5-7-13(9-11(4)14)8-10(3)12(15)6-2/h5,11,14H,1,3,6-9H2,2,4H3/t11-/m0/s1. The quantitative estimate of drug-likeness (QED) is 0.487. The van der Waals surface area contributed by atoms with Gasteiger partial charge in [-0.15, -0.1) is 6.58 Å². The minimum absolute atomic E-state index is 0.0784. The Morgan fingerprint density at radius 3 is 2.60 bits per heavy atom. The summed E-state index contributed by atoms with van der Waals surface area (Å²) in [6.45, 7) is 12.6. The second kappa shape index (κ2) is 7.37. The number of hydrogen-bond acceptors (Lipinski definition) is 3. The highest BCUT2D eigenvalue weighted by Crippen LogP contribution is 2.02. The van der Waals surface area contributed by atoms with E-state index in [4.69, 9.17) is 0 Å². The largest absolute Gasteiger partial charge is 0.392 e. The maximum Gasteiger partial charge on any atom is 0.159 e. The van der Waals surface area contributed by atoms with Crippen molar-refractivity contribution in [3.63, 3.8) is 0 Å². The molecule has 0 aliphatic rings. The summed E-state index contributed by atoms with van der Waals surface area (Å²) in [5, 5.41) is 9.27. The first kappa shape index (κ1) is 14.1. The lowest BCUT2D eigenvalue weighted by Gasteiger charge is -2.22. The van der Waals surface area contributed by atoms with Crippen molar-refractivity contribution in [1.29, 1.82) is 0 Å². The summed E-state index contributed by atoms with van der Waals surface area (Å²) in [4.78, 5) is 13.3. The molecule has 0 fully saturated rings. The number of carbonyl (C=O) groups is 1. The van der Waals surface area contributed by atoms with E-state index in [1.54, 1.807) is 13.0 Å². The smallest absolute Gasteiger partial charge is 0.159 e. The molecule has 1 atom stereocenters. The number of carbonyl (C=O) groups excluding carboxylic acids is 1. The second-order valence-corrected chi connectivity index (χ2v) is 3.71. The summed E-state index contributed by atoms with van der Waals surface area (Å²) >= 11 is 0. The van der Waals surface area contributed by atoms with Gasteiger partial charge in [-0.1, -0.05) is 19.6 Å². The molecule has 0 saturated carbocycles. The van der Waals surface area contributed by atoms with Crippen molar-refractivity contribution in [3.8, 4) is 0 Å². The van der Waals surface area contributed by atoms with E-state index < -0.39 is 6.10 Å². The van der Waals surface area contributed by atoms with Crippen molar-refractivity contribution in [2.75, 3.05) is 19.6 Å². The van der Waals surface area contributed by atoms with Crippen molar-refractivity contribution in [2.45, 2.75) is 26.4 Å². The highest BCUT2D eigenvalue weighted by Gasteiger charge is 2.11. The molecule has 0 spiro atoms. The molecule has 3 heteroatoms. The lowest BCUT2D eigenvalue weighted by atomic mass is 10.1. The lowest BCUT2D eigenvalue weighted by Crippen LogP contribution is -2.33. The number of Topliss-reactive ketones (excluding diaryl/α,β-unsaturated/α-hetero) is 1. The lowest BCUT2D eigenvalue weighted by molar-refractivity contribution is -0.115. The molecule has 0 aliphatic carbocycles. The number of aliphatic hydroxyl groups excluding tert-OH is 1. The number of nitrogens with zero attached hydrogens (tertiary/aromatic N) is 1. The first-order valence-electron chi connectivity index (χ1n) is 5.23. The van der Waals surface area contributed by atoms with Crippen LogP contribution in [-0.4, -0.2) is 41.5 Å². The van der Waals surface area contributed by atoms with Gasteiger partial charge in [0.05, 0.1) is 6.10 Å². The Hall–Kier alpha value is -0.930. The number of aliphatic hydroxyl groups is 1. The zero-order valence-electron chi connectivity index (χ0n) is 9.70. The fraction of sp³-hybridized carbons (Fsp3) is 0.583. The van der Waals surface area contributed by atoms with Gasteiger partial charge in [0.1, 0.15) is 0 Å². The van der Waals surface area contributed by atoms with Crippen molar-refractivity contribution in [3.05, 3.63) is 24.8 Å². The molecule has 3 nitrogen and oxygen atoms in total. The Labute approximate surface area is 92.1 Å². The predicted octanol–water partition coefficient (Wildman–Crippen LogP) is 1.39. The fourth-order valence-corrected chi connectivity index (χ4v) is 1.37. The van der Waals surface area contributed by atoms with Crippen molar-refractivity contribution < 1.29 is 9.90 Å². The van der Waals surface area contributed by atoms with Gasteiger partial charge < -0.3 is 5.11 Å². The third-order valence-electron chi connectivity index (χ3n) is 2.04. The number of rotatable bonds is 8. The molecule has 0 aromatic heterocycles. The van der Waals surface area contributed by atoms with Crippen LogP contribution < -0.4 is 0 Å². The van der Waals surface area contributed by atoms with Gasteiger partial charge in [-0.25, -0.2) is 0 Å². The van der Waals surface area contributed by atoms with E-state index in [-0.39, 0.29) is 5.78 Å². The van der Waals surface area contributed by atoms with E-state index >= 15 is 0 Å². The fourth-order valence-electron chi connectivity index (χ4n) is 1.37. The SMILES string of the molecule is C=CCN(CC(=C)C(=O)CC)C[C@H](C)O. The third kappa shape index (κ3) is 6.20. The van der Waals surface area contributed by atoms with E-state index in [0.29, 0.717) is 31.6 Å². The highest BCUT2D eigenvalue weighted by molar-refractivity contribution is 5.94. The van der Waals surface area contributed by atoms with Gasteiger partial charge in [-0.05, 0) is 6.92 Å². The molecule has 0 saturated heterocycles. The first-order valence-corrected chi connectivity index (χ1v) is 5.23. The molecule has 0 bridgehead atoms. The third-order valence-corrected chi connectivity index (χ3v) is 2.04. The van der Waals surface area contributed by atoms with Gasteiger partial charge in [0.15, 0.2) is 5.78 Å². The summed E-state index contributed by atoms with van der Waals surface area (Å²) in [6, 6.07) is 0. The molecular formula is C12H21NO2. The molecule has 0 radical (unpaired) electrons. The van der Waals surface area contributed by atoms with Crippen LogP contribution in [0.1, 0.15) is 20.3 Å². The topological polar surface area (TPSA) is 40.5 Å². The predicted molar refractivity (Wildman–Crippen MR) is 62.8 cm³/mol. The van der Waals surface area contributed by atoms with Gasteiger partial charge in [-0.3, -0.25) is 9.69 Å². The van der Waals surface area contributed by atoms with Gasteiger partial charge in [0.25, 0.3) is 0 Å². The van der Waals surface area contributed by atoms with Crippen molar-refractivity contribution in [1.82, 2.24) is 4.90 Å². The molecule has 1 N–H and O–H groups in total. The van der Waals surface area contributed by atoms with Crippen LogP contribution in [0.3, 0.4) is 0 Å². The number of hydrogen-bond donors (Lipinski definition) is 1. The molecule has 86 valence electrons. The van der Waals surface area contributed by atoms with E-state index in [9.17, 15) is 9.90 Å². The summed E-state index contributed by atoms with van der Waals surface area (Å²) in [6.07, 6.45) is 1.83. The van der Waals surface area contributed by atoms with Crippen molar-refractivity contribution >= 4 is 5.78 Å². The Balaban J connectivity index is 4.20. The molecule has 0 heterocycles. The molecule has 0 aliphatic heterocycles. The van der Waals surface area contributed by atoms with Crippen molar-refractivity contribution in [2.24, 2.45) is 0 Å². The Bertz CT molecular complexity index is 234. The molecule has 0 aromatic rings. The first-order chi connectivity index (χ1) is 7.01. The van der Waals surface area contributed by atoms with Gasteiger partial charge in [0, 0.05) is 31.6 Å². The van der Waals surface area contributed by atoms with Crippen LogP contribution in [0, 0.1) is 0 Å². The summed E-state index contributed by atoms with van der Waals surface area (Å²) < 4.78 is 0. The van der Waals surface area contributed by atoms with Gasteiger partial charge in [0.2, 0.25) is 0 Å². The Morgan fingerprint density at radius 1 is 1.60 bits per heavy atom. The Morgan fingerprint density at radius 2 is 2.20 bits per heavy atom. The molecule has 15 heavy (non-hydrogen) atoms. The highest BCUT2D eigenvalue weighted by atomic mass is 16.3. The average Bonchev–Trinajstić information content (AvgIpc) is 2.15. The summed E-state index contributed by atoms with van der Waals surface area (Å²) in [5.74, 6) is 0.0784. The molecule has 0 rings (SSSR count). The number of ketones is 1. The molecular weight excluding hydrogens is 190 g/mol. The average molecular weight is 211 g/mol. The minimum Gasteiger partial charge on any atom is -0.392 e. The van der Waals surface area contributed by atoms with Crippen LogP contribution in [0.4, 0.5) is 0 Å². The van der Waals surface area contributed by atoms with Crippen LogP contribution in [0.25, 0.3) is 0 Å².